The van der Waals surface area contributed by atoms with Crippen LogP contribution in [-0.2, 0) is 19.5 Å². The SMILES string of the molecule is CCN(CCN(C)C)c1nc(-c2ccncc2)nc2c1CN(Cc1ccc(F)cc1)CC2. The van der Waals surface area contributed by atoms with Crippen LogP contribution in [0, 0.1) is 5.82 Å². The highest BCUT2D eigenvalue weighted by molar-refractivity contribution is 5.60. The minimum atomic E-state index is -0.198. The van der Waals surface area contributed by atoms with Crippen molar-refractivity contribution in [2.45, 2.75) is 26.4 Å². The second-order valence-electron chi connectivity index (χ2n) is 8.50. The first-order valence-electron chi connectivity index (χ1n) is 11.2. The molecular weight excluding hydrogens is 403 g/mol. The maximum Gasteiger partial charge on any atom is 0.161 e. The predicted molar refractivity (Wildman–Crippen MR) is 126 cm³/mol. The number of nitrogens with zero attached hydrogens (tertiary/aromatic N) is 6. The molecule has 0 amide bonds. The largest absolute Gasteiger partial charge is 0.355 e. The van der Waals surface area contributed by atoms with E-state index >= 15 is 0 Å². The third-order valence-corrected chi connectivity index (χ3v) is 5.87. The van der Waals surface area contributed by atoms with Crippen molar-refractivity contribution < 1.29 is 4.39 Å². The first-order chi connectivity index (χ1) is 15.5. The molecule has 0 bridgehead atoms. The van der Waals surface area contributed by atoms with Crippen molar-refractivity contribution in [2.24, 2.45) is 0 Å². The molecule has 3 aromatic rings. The van der Waals surface area contributed by atoms with E-state index in [2.05, 4.69) is 40.7 Å². The number of aromatic nitrogens is 3. The van der Waals surface area contributed by atoms with Gasteiger partial charge in [-0.3, -0.25) is 9.88 Å². The Morgan fingerprint density at radius 3 is 2.44 bits per heavy atom. The molecule has 7 heteroatoms. The van der Waals surface area contributed by atoms with E-state index in [0.717, 1.165) is 74.2 Å². The quantitative estimate of drug-likeness (QED) is 0.540. The number of benzene rings is 1. The highest BCUT2D eigenvalue weighted by atomic mass is 19.1. The molecule has 0 atom stereocenters. The summed E-state index contributed by atoms with van der Waals surface area (Å²) in [4.78, 5) is 21.1. The summed E-state index contributed by atoms with van der Waals surface area (Å²) in [6, 6.07) is 10.7. The third-order valence-electron chi connectivity index (χ3n) is 5.87. The van der Waals surface area contributed by atoms with Crippen molar-refractivity contribution in [1.29, 1.82) is 0 Å². The Morgan fingerprint density at radius 2 is 1.75 bits per heavy atom. The second-order valence-corrected chi connectivity index (χ2v) is 8.50. The summed E-state index contributed by atoms with van der Waals surface area (Å²) in [6.07, 6.45) is 4.44. The summed E-state index contributed by atoms with van der Waals surface area (Å²) in [5, 5.41) is 0. The molecule has 0 spiro atoms. The molecule has 168 valence electrons. The van der Waals surface area contributed by atoms with Gasteiger partial charge < -0.3 is 9.80 Å². The van der Waals surface area contributed by atoms with E-state index in [0.29, 0.717) is 0 Å². The molecule has 0 aliphatic carbocycles. The van der Waals surface area contributed by atoms with Crippen LogP contribution >= 0.6 is 0 Å². The van der Waals surface area contributed by atoms with Crippen LogP contribution < -0.4 is 4.90 Å². The Hall–Kier alpha value is -2.90. The first kappa shape index (κ1) is 22.3. The Morgan fingerprint density at radius 1 is 1.00 bits per heavy atom. The van der Waals surface area contributed by atoms with Crippen molar-refractivity contribution in [3.63, 3.8) is 0 Å². The normalized spacial score (nSPS) is 13.9. The van der Waals surface area contributed by atoms with Gasteiger partial charge in [0.1, 0.15) is 11.6 Å². The lowest BCUT2D eigenvalue weighted by atomic mass is 10.0. The van der Waals surface area contributed by atoms with E-state index in [-0.39, 0.29) is 5.82 Å². The molecule has 0 N–H and O–H groups in total. The number of hydrogen-bond acceptors (Lipinski definition) is 6. The Kier molecular flexibility index (Phi) is 7.07. The van der Waals surface area contributed by atoms with Gasteiger partial charge in [0.25, 0.3) is 0 Å². The standard InChI is InChI=1S/C25H31FN6/c1-4-32(16-15-30(2)3)25-22-18-31(17-19-5-7-21(26)8-6-19)14-11-23(22)28-24(29-25)20-9-12-27-13-10-20/h5-10,12-13H,4,11,14-18H2,1-3H3. The summed E-state index contributed by atoms with van der Waals surface area (Å²) >= 11 is 0. The van der Waals surface area contributed by atoms with Crippen molar-refractivity contribution in [3.8, 4) is 11.4 Å². The van der Waals surface area contributed by atoms with Crippen LogP contribution in [0.2, 0.25) is 0 Å². The van der Waals surface area contributed by atoms with Gasteiger partial charge in [-0.1, -0.05) is 12.1 Å². The average Bonchev–Trinajstić information content (AvgIpc) is 2.81. The fraction of sp³-hybridized carbons (Fsp3) is 0.400. The summed E-state index contributed by atoms with van der Waals surface area (Å²) in [6.45, 7) is 7.41. The Bertz CT molecular complexity index is 1020. The molecule has 32 heavy (non-hydrogen) atoms. The molecule has 0 saturated heterocycles. The maximum absolute atomic E-state index is 13.3. The molecule has 6 nitrogen and oxygen atoms in total. The van der Waals surface area contributed by atoms with Crippen molar-refractivity contribution in [2.75, 3.05) is 45.2 Å². The molecule has 4 rings (SSSR count). The molecule has 3 heterocycles. The molecule has 0 fully saturated rings. The van der Waals surface area contributed by atoms with Gasteiger partial charge in [-0.2, -0.15) is 0 Å². The van der Waals surface area contributed by atoms with Crippen LogP contribution in [0.25, 0.3) is 11.4 Å². The van der Waals surface area contributed by atoms with Gasteiger partial charge in [-0.25, -0.2) is 14.4 Å². The number of fused-ring (bicyclic) bond motifs is 1. The zero-order valence-corrected chi connectivity index (χ0v) is 19.1. The highest BCUT2D eigenvalue weighted by Gasteiger charge is 2.25. The van der Waals surface area contributed by atoms with Gasteiger partial charge in [0.05, 0.1) is 5.69 Å². The fourth-order valence-corrected chi connectivity index (χ4v) is 4.06. The third kappa shape index (κ3) is 5.29. The van der Waals surface area contributed by atoms with E-state index in [1.807, 2.05) is 24.3 Å². The lowest BCUT2D eigenvalue weighted by Crippen LogP contribution is -2.36. The molecule has 1 aliphatic heterocycles. The number of anilines is 1. The number of hydrogen-bond donors (Lipinski definition) is 0. The van der Waals surface area contributed by atoms with Gasteiger partial charge in [-0.15, -0.1) is 0 Å². The van der Waals surface area contributed by atoms with E-state index < -0.39 is 0 Å². The number of rotatable bonds is 8. The molecule has 1 aromatic carbocycles. The van der Waals surface area contributed by atoms with Crippen LogP contribution in [0.5, 0.6) is 0 Å². The van der Waals surface area contributed by atoms with Crippen molar-refractivity contribution in [3.05, 3.63) is 71.4 Å². The molecule has 2 aromatic heterocycles. The molecule has 1 aliphatic rings. The van der Waals surface area contributed by atoms with E-state index in [4.69, 9.17) is 9.97 Å². The Balaban J connectivity index is 1.67. The summed E-state index contributed by atoms with van der Waals surface area (Å²) in [7, 11) is 4.19. The van der Waals surface area contributed by atoms with E-state index in [1.165, 1.54) is 17.7 Å². The lowest BCUT2D eigenvalue weighted by molar-refractivity contribution is 0.243. The molecular formula is C25H31FN6. The van der Waals surface area contributed by atoms with Gasteiger partial charge in [0, 0.05) is 69.2 Å². The van der Waals surface area contributed by atoms with Crippen LogP contribution in [0.3, 0.4) is 0 Å². The first-order valence-corrected chi connectivity index (χ1v) is 11.2. The number of pyridine rings is 1. The van der Waals surface area contributed by atoms with Gasteiger partial charge >= 0.3 is 0 Å². The summed E-state index contributed by atoms with van der Waals surface area (Å²) < 4.78 is 13.3. The van der Waals surface area contributed by atoms with Crippen LogP contribution in [0.15, 0.2) is 48.8 Å². The molecule has 0 saturated carbocycles. The Labute approximate surface area is 189 Å². The van der Waals surface area contributed by atoms with E-state index in [1.54, 1.807) is 12.4 Å². The highest BCUT2D eigenvalue weighted by Crippen LogP contribution is 2.30. The topological polar surface area (TPSA) is 48.4 Å². The maximum atomic E-state index is 13.3. The lowest BCUT2D eigenvalue weighted by Gasteiger charge is -2.33. The van der Waals surface area contributed by atoms with Crippen LogP contribution in [0.4, 0.5) is 10.2 Å². The minimum absolute atomic E-state index is 0.198. The number of halogens is 1. The average molecular weight is 435 g/mol. The second kappa shape index (κ2) is 10.1. The minimum Gasteiger partial charge on any atom is -0.355 e. The predicted octanol–water partition coefficient (Wildman–Crippen LogP) is 3.62. The zero-order chi connectivity index (χ0) is 22.5. The monoisotopic (exact) mass is 434 g/mol. The van der Waals surface area contributed by atoms with E-state index in [9.17, 15) is 4.39 Å². The van der Waals surface area contributed by atoms with Crippen molar-refractivity contribution in [1.82, 2.24) is 24.8 Å². The zero-order valence-electron chi connectivity index (χ0n) is 19.1. The van der Waals surface area contributed by atoms with Crippen LogP contribution in [0.1, 0.15) is 23.7 Å². The molecule has 0 radical (unpaired) electrons. The summed E-state index contributed by atoms with van der Waals surface area (Å²) in [5.41, 5.74) is 4.43. The van der Waals surface area contributed by atoms with Crippen LogP contribution in [-0.4, -0.2) is 65.0 Å². The van der Waals surface area contributed by atoms with Gasteiger partial charge in [-0.05, 0) is 50.8 Å². The van der Waals surface area contributed by atoms with Crippen molar-refractivity contribution >= 4 is 5.82 Å². The fourth-order valence-electron chi connectivity index (χ4n) is 4.06. The smallest absolute Gasteiger partial charge is 0.161 e. The molecule has 0 unspecified atom stereocenters. The number of likely N-dealkylation sites (N-methyl/N-ethyl adjacent to an activating group) is 2. The summed E-state index contributed by atoms with van der Waals surface area (Å²) in [5.74, 6) is 1.59. The van der Waals surface area contributed by atoms with Gasteiger partial charge in [0.2, 0.25) is 0 Å². The van der Waals surface area contributed by atoms with Gasteiger partial charge in [0.15, 0.2) is 5.82 Å².